The van der Waals surface area contributed by atoms with E-state index in [0.29, 0.717) is 12.6 Å². The van der Waals surface area contributed by atoms with Gasteiger partial charge in [0, 0.05) is 18.6 Å². The van der Waals surface area contributed by atoms with E-state index in [0.717, 1.165) is 26.0 Å². The van der Waals surface area contributed by atoms with Gasteiger partial charge in [0.2, 0.25) is 0 Å². The molecule has 0 bridgehead atoms. The van der Waals surface area contributed by atoms with Crippen LogP contribution in [0.4, 0.5) is 0 Å². The van der Waals surface area contributed by atoms with Crippen LogP contribution in [0.3, 0.4) is 0 Å². The summed E-state index contributed by atoms with van der Waals surface area (Å²) in [5.74, 6) is -0.737. The summed E-state index contributed by atoms with van der Waals surface area (Å²) in [5, 5.41) is 8.81. The highest BCUT2D eigenvalue weighted by Crippen LogP contribution is 2.17. The summed E-state index contributed by atoms with van der Waals surface area (Å²) in [6.07, 6.45) is 2.45. The Labute approximate surface area is 91.2 Å². The molecule has 1 heterocycles. The van der Waals surface area contributed by atoms with Crippen molar-refractivity contribution in [2.75, 3.05) is 19.8 Å². The molecule has 0 spiro atoms. The molecule has 0 saturated carbocycles. The number of hydrogen-bond donors (Lipinski definition) is 1. The molecule has 1 aliphatic heterocycles. The van der Waals surface area contributed by atoms with Crippen molar-refractivity contribution >= 4 is 5.97 Å². The van der Waals surface area contributed by atoms with Crippen molar-refractivity contribution in [2.45, 2.75) is 45.2 Å². The number of ether oxygens (including phenoxy) is 1. The lowest BCUT2D eigenvalue weighted by atomic mass is 10.1. The molecule has 0 aromatic rings. The van der Waals surface area contributed by atoms with Gasteiger partial charge >= 0.3 is 5.97 Å². The number of hydrogen-bond acceptors (Lipinski definition) is 3. The average Bonchev–Trinajstić information content (AvgIpc) is 2.18. The summed E-state index contributed by atoms with van der Waals surface area (Å²) >= 11 is 0. The molecule has 1 aliphatic rings. The molecule has 4 heteroatoms. The Hall–Kier alpha value is -0.610. The van der Waals surface area contributed by atoms with Crippen molar-refractivity contribution in [3.63, 3.8) is 0 Å². The van der Waals surface area contributed by atoms with Gasteiger partial charge in [0.15, 0.2) is 0 Å². The zero-order valence-corrected chi connectivity index (χ0v) is 9.61. The van der Waals surface area contributed by atoms with E-state index in [9.17, 15) is 4.79 Å². The Morgan fingerprint density at radius 1 is 1.67 bits per heavy atom. The molecular formula is C11H21NO3. The van der Waals surface area contributed by atoms with E-state index in [2.05, 4.69) is 18.7 Å². The van der Waals surface area contributed by atoms with Crippen molar-refractivity contribution < 1.29 is 14.6 Å². The van der Waals surface area contributed by atoms with Gasteiger partial charge in [-0.25, -0.2) is 0 Å². The van der Waals surface area contributed by atoms with Crippen LogP contribution in [-0.2, 0) is 9.53 Å². The van der Waals surface area contributed by atoms with Crippen molar-refractivity contribution in [1.29, 1.82) is 0 Å². The minimum absolute atomic E-state index is 0.0535. The van der Waals surface area contributed by atoms with Crippen LogP contribution < -0.4 is 0 Å². The van der Waals surface area contributed by atoms with E-state index < -0.39 is 5.97 Å². The molecule has 2 unspecified atom stereocenters. The first-order chi connectivity index (χ1) is 7.15. The Balaban J connectivity index is 2.52. The smallest absolute Gasteiger partial charge is 0.305 e. The lowest BCUT2D eigenvalue weighted by Crippen LogP contribution is -2.50. The maximum absolute atomic E-state index is 10.7. The Kier molecular flexibility index (Phi) is 5.05. The average molecular weight is 215 g/mol. The number of aliphatic carboxylic acids is 1. The SMILES string of the molecule is CCCC(C)N1CCOCC1CC(=O)O. The zero-order chi connectivity index (χ0) is 11.3. The highest BCUT2D eigenvalue weighted by molar-refractivity contribution is 5.67. The lowest BCUT2D eigenvalue weighted by molar-refractivity contribution is -0.140. The van der Waals surface area contributed by atoms with Crippen LogP contribution in [0.25, 0.3) is 0 Å². The molecule has 0 radical (unpaired) electrons. The molecule has 0 aromatic carbocycles. The standard InChI is InChI=1S/C11H21NO3/c1-3-4-9(2)12-5-6-15-8-10(12)7-11(13)14/h9-10H,3-8H2,1-2H3,(H,13,14). The topological polar surface area (TPSA) is 49.8 Å². The van der Waals surface area contributed by atoms with Crippen molar-refractivity contribution in [3.8, 4) is 0 Å². The van der Waals surface area contributed by atoms with E-state index in [1.165, 1.54) is 0 Å². The van der Waals surface area contributed by atoms with Gasteiger partial charge in [-0.3, -0.25) is 9.69 Å². The van der Waals surface area contributed by atoms with Crippen LogP contribution in [0, 0.1) is 0 Å². The monoisotopic (exact) mass is 215 g/mol. The number of morpholine rings is 1. The number of rotatable bonds is 5. The fraction of sp³-hybridized carbons (Fsp3) is 0.909. The molecule has 1 fully saturated rings. The van der Waals surface area contributed by atoms with Crippen LogP contribution in [0.2, 0.25) is 0 Å². The summed E-state index contributed by atoms with van der Waals surface area (Å²) in [6, 6.07) is 0.515. The normalized spacial score (nSPS) is 25.1. The largest absolute Gasteiger partial charge is 0.481 e. The zero-order valence-electron chi connectivity index (χ0n) is 9.61. The fourth-order valence-electron chi connectivity index (χ4n) is 2.21. The van der Waals surface area contributed by atoms with Gasteiger partial charge in [-0.2, -0.15) is 0 Å². The third kappa shape index (κ3) is 3.80. The summed E-state index contributed by atoms with van der Waals surface area (Å²) in [7, 11) is 0. The molecule has 2 atom stereocenters. The predicted octanol–water partition coefficient (Wildman–Crippen LogP) is 1.35. The Morgan fingerprint density at radius 3 is 3.00 bits per heavy atom. The fourth-order valence-corrected chi connectivity index (χ4v) is 2.21. The van der Waals surface area contributed by atoms with Gasteiger partial charge in [-0.1, -0.05) is 13.3 Å². The van der Waals surface area contributed by atoms with Gasteiger partial charge in [0.05, 0.1) is 19.6 Å². The van der Waals surface area contributed by atoms with Crippen LogP contribution in [-0.4, -0.2) is 47.8 Å². The Bertz CT molecular complexity index is 208. The molecule has 88 valence electrons. The third-order valence-corrected chi connectivity index (χ3v) is 2.96. The van der Waals surface area contributed by atoms with Crippen molar-refractivity contribution in [2.24, 2.45) is 0 Å². The molecule has 0 aliphatic carbocycles. The molecule has 0 amide bonds. The number of carbonyl (C=O) groups is 1. The van der Waals surface area contributed by atoms with Crippen molar-refractivity contribution in [3.05, 3.63) is 0 Å². The molecule has 15 heavy (non-hydrogen) atoms. The molecule has 0 aromatic heterocycles. The summed E-state index contributed by atoms with van der Waals surface area (Å²) in [6.45, 7) is 6.47. The van der Waals surface area contributed by atoms with Gasteiger partial charge in [-0.05, 0) is 13.3 Å². The van der Waals surface area contributed by atoms with E-state index in [-0.39, 0.29) is 12.5 Å². The minimum atomic E-state index is -0.737. The van der Waals surface area contributed by atoms with E-state index in [1.54, 1.807) is 0 Å². The second-order valence-electron chi connectivity index (χ2n) is 4.20. The van der Waals surface area contributed by atoms with Crippen LogP contribution in [0.15, 0.2) is 0 Å². The number of carboxylic acid groups (broad SMARTS) is 1. The molecule has 1 saturated heterocycles. The maximum Gasteiger partial charge on any atom is 0.305 e. The van der Waals surface area contributed by atoms with E-state index in [1.807, 2.05) is 0 Å². The van der Waals surface area contributed by atoms with Crippen LogP contribution >= 0.6 is 0 Å². The molecular weight excluding hydrogens is 194 g/mol. The van der Waals surface area contributed by atoms with Crippen molar-refractivity contribution in [1.82, 2.24) is 4.90 Å². The highest BCUT2D eigenvalue weighted by atomic mass is 16.5. The summed E-state index contributed by atoms with van der Waals surface area (Å²) < 4.78 is 5.34. The molecule has 1 N–H and O–H groups in total. The van der Waals surface area contributed by atoms with Crippen LogP contribution in [0.1, 0.15) is 33.1 Å². The highest BCUT2D eigenvalue weighted by Gasteiger charge is 2.28. The number of carboxylic acids is 1. The van der Waals surface area contributed by atoms with Gasteiger partial charge in [-0.15, -0.1) is 0 Å². The first-order valence-corrected chi connectivity index (χ1v) is 5.70. The predicted molar refractivity (Wildman–Crippen MR) is 57.9 cm³/mol. The maximum atomic E-state index is 10.7. The Morgan fingerprint density at radius 2 is 2.40 bits per heavy atom. The minimum Gasteiger partial charge on any atom is -0.481 e. The second kappa shape index (κ2) is 6.08. The van der Waals surface area contributed by atoms with Crippen LogP contribution in [0.5, 0.6) is 0 Å². The first-order valence-electron chi connectivity index (χ1n) is 5.70. The second-order valence-corrected chi connectivity index (χ2v) is 4.20. The summed E-state index contributed by atoms with van der Waals surface area (Å²) in [4.78, 5) is 13.0. The summed E-state index contributed by atoms with van der Waals surface area (Å²) in [5.41, 5.74) is 0. The molecule has 4 nitrogen and oxygen atoms in total. The lowest BCUT2D eigenvalue weighted by Gasteiger charge is -2.39. The van der Waals surface area contributed by atoms with Gasteiger partial charge < -0.3 is 9.84 Å². The molecule has 1 rings (SSSR count). The first kappa shape index (κ1) is 12.5. The van der Waals surface area contributed by atoms with Gasteiger partial charge in [0.1, 0.15) is 0 Å². The van der Waals surface area contributed by atoms with E-state index >= 15 is 0 Å². The van der Waals surface area contributed by atoms with Gasteiger partial charge in [0.25, 0.3) is 0 Å². The number of nitrogens with zero attached hydrogens (tertiary/aromatic N) is 1. The quantitative estimate of drug-likeness (QED) is 0.752. The third-order valence-electron chi connectivity index (χ3n) is 2.96. The van der Waals surface area contributed by atoms with E-state index in [4.69, 9.17) is 9.84 Å².